The van der Waals surface area contributed by atoms with Crippen molar-refractivity contribution in [2.45, 2.75) is 37.1 Å². The Balaban J connectivity index is 1.87. The maximum atomic E-state index is 14.0. The molecule has 0 bridgehead atoms. The Labute approximate surface area is 195 Å². The average molecular weight is 480 g/mol. The molecule has 0 aliphatic heterocycles. The molecule has 1 N–H and O–H groups in total. The van der Waals surface area contributed by atoms with Crippen molar-refractivity contribution in [3.05, 3.63) is 93.7 Å². The van der Waals surface area contributed by atoms with Crippen LogP contribution in [0.5, 0.6) is 0 Å². The van der Waals surface area contributed by atoms with Crippen LogP contribution in [0.1, 0.15) is 16.8 Å². The van der Waals surface area contributed by atoms with Gasteiger partial charge in [0.2, 0.25) is 21.2 Å². The third kappa shape index (κ3) is 4.34. The number of pyridine rings is 2. The molecule has 7 nitrogen and oxygen atoms in total. The van der Waals surface area contributed by atoms with Gasteiger partial charge in [0.05, 0.1) is 16.0 Å². The van der Waals surface area contributed by atoms with Crippen molar-refractivity contribution in [1.29, 1.82) is 0 Å². The highest BCUT2D eigenvalue weighted by Crippen LogP contribution is 2.25. The van der Waals surface area contributed by atoms with Crippen molar-refractivity contribution in [2.75, 3.05) is 5.32 Å². The summed E-state index contributed by atoms with van der Waals surface area (Å²) in [5.74, 6) is -1.21. The lowest BCUT2D eigenvalue weighted by molar-refractivity contribution is -0.116. The Kier molecular flexibility index (Phi) is 6.05. The first-order chi connectivity index (χ1) is 16.1. The second-order valence-corrected chi connectivity index (χ2v) is 9.96. The number of anilines is 1. The number of para-hydroxylation sites is 1. The summed E-state index contributed by atoms with van der Waals surface area (Å²) in [5.41, 5.74) is 1.26. The van der Waals surface area contributed by atoms with E-state index in [1.54, 1.807) is 45.0 Å². The number of nitrogens with one attached hydrogen (secondary N) is 1. The lowest BCUT2D eigenvalue weighted by Crippen LogP contribution is -2.25. The van der Waals surface area contributed by atoms with Gasteiger partial charge in [-0.1, -0.05) is 24.3 Å². The maximum Gasteiger partial charge on any atom is 0.244 e. The van der Waals surface area contributed by atoms with Crippen LogP contribution >= 0.6 is 0 Å². The highest BCUT2D eigenvalue weighted by molar-refractivity contribution is 7.91. The molecule has 4 rings (SSSR count). The Morgan fingerprint density at radius 3 is 2.50 bits per heavy atom. The normalized spacial score (nSPS) is 11.5. The molecule has 0 fully saturated rings. The first-order valence-electron chi connectivity index (χ1n) is 10.5. The second kappa shape index (κ2) is 8.83. The van der Waals surface area contributed by atoms with Crippen LogP contribution in [-0.2, 0) is 21.2 Å². The van der Waals surface area contributed by atoms with E-state index in [-0.39, 0.29) is 28.2 Å². The van der Waals surface area contributed by atoms with Crippen LogP contribution in [0.25, 0.3) is 11.0 Å². The highest BCUT2D eigenvalue weighted by atomic mass is 32.2. The number of hydrogen-bond donors (Lipinski definition) is 1. The van der Waals surface area contributed by atoms with Gasteiger partial charge in [-0.25, -0.2) is 17.8 Å². The molecule has 2 aromatic heterocycles. The summed E-state index contributed by atoms with van der Waals surface area (Å²) in [5, 5.41) is 2.53. The van der Waals surface area contributed by atoms with Gasteiger partial charge in [0, 0.05) is 11.9 Å². The number of hydrogen-bond acceptors (Lipinski definition) is 5. The molecular weight excluding hydrogens is 457 g/mol. The molecule has 0 atom stereocenters. The predicted molar refractivity (Wildman–Crippen MR) is 127 cm³/mol. The van der Waals surface area contributed by atoms with Crippen LogP contribution in [0, 0.1) is 26.6 Å². The summed E-state index contributed by atoms with van der Waals surface area (Å²) in [7, 11) is -4.20. The molecule has 34 heavy (non-hydrogen) atoms. The monoisotopic (exact) mass is 479 g/mol. The summed E-state index contributed by atoms with van der Waals surface area (Å²) in [6.07, 6.45) is 1.13. The van der Waals surface area contributed by atoms with Crippen molar-refractivity contribution in [3.8, 4) is 0 Å². The van der Waals surface area contributed by atoms with E-state index < -0.39 is 31.9 Å². The third-order valence-corrected chi connectivity index (χ3v) is 7.30. The van der Waals surface area contributed by atoms with E-state index in [1.807, 2.05) is 0 Å². The summed E-state index contributed by atoms with van der Waals surface area (Å²) < 4.78 is 42.3. The number of benzene rings is 2. The molecule has 0 aliphatic carbocycles. The molecule has 0 spiro atoms. The van der Waals surface area contributed by atoms with E-state index >= 15 is 0 Å². The van der Waals surface area contributed by atoms with Crippen LogP contribution in [0.2, 0.25) is 0 Å². The molecule has 174 valence electrons. The van der Waals surface area contributed by atoms with E-state index in [0.717, 1.165) is 11.8 Å². The molecule has 0 radical (unpaired) electrons. The minimum absolute atomic E-state index is 0.00905. The molecule has 2 heterocycles. The van der Waals surface area contributed by atoms with Gasteiger partial charge in [-0.05, 0) is 62.2 Å². The van der Waals surface area contributed by atoms with Crippen molar-refractivity contribution < 1.29 is 17.6 Å². The number of carbonyl (C=O) groups is 1. The van der Waals surface area contributed by atoms with E-state index in [9.17, 15) is 22.4 Å². The van der Waals surface area contributed by atoms with Gasteiger partial charge >= 0.3 is 0 Å². The molecule has 0 aliphatic rings. The van der Waals surface area contributed by atoms with Gasteiger partial charge in [-0.3, -0.25) is 9.59 Å². The maximum absolute atomic E-state index is 14.0. The van der Waals surface area contributed by atoms with Crippen molar-refractivity contribution >= 4 is 32.5 Å². The van der Waals surface area contributed by atoms with Crippen LogP contribution in [0.15, 0.2) is 75.4 Å². The first-order valence-corrected chi connectivity index (χ1v) is 11.9. The zero-order valence-corrected chi connectivity index (χ0v) is 19.6. The fourth-order valence-electron chi connectivity index (χ4n) is 3.67. The van der Waals surface area contributed by atoms with Gasteiger partial charge in [-0.15, -0.1) is 0 Å². The summed E-state index contributed by atoms with van der Waals surface area (Å²) >= 11 is 0. The number of halogens is 1. The topological polar surface area (TPSA) is 98.1 Å². The van der Waals surface area contributed by atoms with Crippen molar-refractivity contribution in [1.82, 2.24) is 9.55 Å². The number of fused-ring (bicyclic) bond motifs is 1. The average Bonchev–Trinajstić information content (AvgIpc) is 2.78. The minimum Gasteiger partial charge on any atom is -0.322 e. The largest absolute Gasteiger partial charge is 0.322 e. The fourth-order valence-corrected chi connectivity index (χ4v) is 5.36. The van der Waals surface area contributed by atoms with Crippen LogP contribution in [0.3, 0.4) is 0 Å². The SMILES string of the molecule is Cc1ccc(C)c(S(=O)(=O)c2cn(CC(=O)Nc3ccccc3F)c3nc(C)ccc3c2=O)c1. The van der Waals surface area contributed by atoms with E-state index in [2.05, 4.69) is 10.3 Å². The number of rotatable bonds is 5. The van der Waals surface area contributed by atoms with Crippen molar-refractivity contribution in [2.24, 2.45) is 0 Å². The predicted octanol–water partition coefficient (Wildman–Crippen LogP) is 3.93. The third-order valence-electron chi connectivity index (χ3n) is 5.41. The zero-order valence-electron chi connectivity index (χ0n) is 18.8. The Morgan fingerprint density at radius 2 is 1.76 bits per heavy atom. The zero-order chi connectivity index (χ0) is 24.6. The number of aryl methyl sites for hydroxylation is 3. The molecule has 1 amide bonds. The van der Waals surface area contributed by atoms with Gasteiger partial charge in [0.25, 0.3) is 0 Å². The van der Waals surface area contributed by atoms with E-state index in [0.29, 0.717) is 11.3 Å². The number of carbonyl (C=O) groups excluding carboxylic acids is 1. The van der Waals surface area contributed by atoms with Crippen LogP contribution < -0.4 is 10.7 Å². The lowest BCUT2D eigenvalue weighted by atomic mass is 10.2. The molecule has 0 saturated carbocycles. The lowest BCUT2D eigenvalue weighted by Gasteiger charge is -2.15. The summed E-state index contributed by atoms with van der Waals surface area (Å²) in [4.78, 5) is 29.9. The van der Waals surface area contributed by atoms with E-state index in [4.69, 9.17) is 0 Å². The molecular formula is C25H22FN3O4S. The Bertz CT molecular complexity index is 1610. The highest BCUT2D eigenvalue weighted by Gasteiger charge is 2.26. The molecule has 4 aromatic rings. The van der Waals surface area contributed by atoms with E-state index in [1.165, 1.54) is 34.9 Å². The van der Waals surface area contributed by atoms with Crippen molar-refractivity contribution in [3.63, 3.8) is 0 Å². The summed E-state index contributed by atoms with van der Waals surface area (Å²) in [6.45, 7) is 4.75. The number of sulfone groups is 1. The molecule has 2 aromatic carbocycles. The van der Waals surface area contributed by atoms with Gasteiger partial charge in [0.15, 0.2) is 0 Å². The Morgan fingerprint density at radius 1 is 1.03 bits per heavy atom. The number of nitrogens with zero attached hydrogens (tertiary/aromatic N) is 2. The minimum atomic E-state index is -4.20. The summed E-state index contributed by atoms with van der Waals surface area (Å²) in [6, 6.07) is 13.8. The first kappa shape index (κ1) is 23.3. The van der Waals surface area contributed by atoms with Gasteiger partial charge < -0.3 is 9.88 Å². The molecule has 0 unspecified atom stereocenters. The molecule has 9 heteroatoms. The molecule has 0 saturated heterocycles. The number of aromatic nitrogens is 2. The fraction of sp³-hybridized carbons (Fsp3) is 0.160. The number of amides is 1. The van der Waals surface area contributed by atoms with Gasteiger partial charge in [-0.2, -0.15) is 0 Å². The quantitative estimate of drug-likeness (QED) is 0.468. The second-order valence-electron chi connectivity index (χ2n) is 8.07. The van der Waals surface area contributed by atoms with Crippen LogP contribution in [0.4, 0.5) is 10.1 Å². The van der Waals surface area contributed by atoms with Gasteiger partial charge in [0.1, 0.15) is 22.9 Å². The van der Waals surface area contributed by atoms with Crippen LogP contribution in [-0.4, -0.2) is 23.9 Å². The standard InChI is InChI=1S/C25H22FN3O4S/c1-15-8-9-16(2)21(12-15)34(32,33)22-13-29(25-18(24(22)31)11-10-17(3)27-25)14-23(30)28-20-7-5-4-6-19(20)26/h4-13H,14H2,1-3H3,(H,28,30). The smallest absolute Gasteiger partial charge is 0.244 e. The Hall–Kier alpha value is -3.85.